The van der Waals surface area contributed by atoms with E-state index >= 15 is 0 Å². The van der Waals surface area contributed by atoms with Crippen LogP contribution in [0.4, 0.5) is 21.8 Å². The number of likely N-dealkylation sites (N-methyl/N-ethyl adjacent to an activating group) is 1. The minimum atomic E-state index is -1.12. The first kappa shape index (κ1) is 25.6. The molecule has 1 aromatic carbocycles. The van der Waals surface area contributed by atoms with Gasteiger partial charge in [0.2, 0.25) is 11.8 Å². The van der Waals surface area contributed by atoms with Crippen LogP contribution < -0.4 is 25.0 Å². The number of piperidine rings is 1. The van der Waals surface area contributed by atoms with Crippen molar-refractivity contribution in [2.45, 2.75) is 18.7 Å². The molecule has 10 nitrogen and oxygen atoms in total. The lowest BCUT2D eigenvalue weighted by molar-refractivity contribution is 0.0729. The van der Waals surface area contributed by atoms with Crippen LogP contribution in [0.15, 0.2) is 42.6 Å². The molecule has 2 aliphatic rings. The van der Waals surface area contributed by atoms with E-state index in [1.54, 1.807) is 31.5 Å². The normalized spacial score (nSPS) is 20.0. The first-order valence-electron chi connectivity index (χ1n) is 12.7. The second kappa shape index (κ2) is 11.6. The van der Waals surface area contributed by atoms with E-state index < -0.39 is 12.3 Å². The van der Waals surface area contributed by atoms with Gasteiger partial charge < -0.3 is 29.9 Å². The van der Waals surface area contributed by atoms with Crippen molar-refractivity contribution in [3.8, 4) is 29.0 Å². The Morgan fingerprint density at radius 3 is 2.74 bits per heavy atom. The molecule has 0 unspecified atom stereocenters. The maximum atomic E-state index is 14.2. The molecule has 2 N–H and O–H groups in total. The van der Waals surface area contributed by atoms with Gasteiger partial charge in [-0.25, -0.2) is 14.4 Å². The Morgan fingerprint density at radius 1 is 1.13 bits per heavy atom. The highest BCUT2D eigenvalue weighted by Gasteiger charge is 2.27. The molecule has 0 bridgehead atoms. The number of rotatable bonds is 7. The molecule has 38 heavy (non-hydrogen) atoms. The minimum absolute atomic E-state index is 0.251. The molecule has 0 spiro atoms. The maximum Gasteiger partial charge on any atom is 0.239 e. The molecule has 198 valence electrons. The predicted octanol–water partition coefficient (Wildman–Crippen LogP) is 2.99. The number of alkyl halides is 1. The van der Waals surface area contributed by atoms with Gasteiger partial charge in [-0.15, -0.1) is 0 Å². The summed E-state index contributed by atoms with van der Waals surface area (Å²) in [4.78, 5) is 18.1. The molecule has 3 aromatic rings. The smallest absolute Gasteiger partial charge is 0.239 e. The van der Waals surface area contributed by atoms with Crippen molar-refractivity contribution in [2.24, 2.45) is 0 Å². The highest BCUT2D eigenvalue weighted by atomic mass is 19.1. The monoisotopic (exact) mass is 518 g/mol. The van der Waals surface area contributed by atoms with Crippen LogP contribution in [-0.4, -0.2) is 85.6 Å². The van der Waals surface area contributed by atoms with Crippen molar-refractivity contribution < 1.29 is 13.9 Å². The first-order chi connectivity index (χ1) is 18.5. The third kappa shape index (κ3) is 5.77. The van der Waals surface area contributed by atoms with Crippen LogP contribution in [-0.2, 0) is 0 Å². The molecule has 2 fully saturated rings. The average molecular weight is 519 g/mol. The van der Waals surface area contributed by atoms with Crippen LogP contribution in [0.3, 0.4) is 0 Å². The lowest BCUT2D eigenvalue weighted by Gasteiger charge is -2.34. The second-order valence-corrected chi connectivity index (χ2v) is 9.39. The van der Waals surface area contributed by atoms with Gasteiger partial charge in [0, 0.05) is 44.5 Å². The fourth-order valence-corrected chi connectivity index (χ4v) is 4.61. The number of methoxy groups -OCH3 is 1. The number of ether oxygens (including phenoxy) is 2. The molecule has 0 saturated carbocycles. The van der Waals surface area contributed by atoms with E-state index in [9.17, 15) is 9.65 Å². The van der Waals surface area contributed by atoms with E-state index in [2.05, 4.69) is 48.5 Å². The highest BCUT2D eigenvalue weighted by Crippen LogP contribution is 2.31. The molecule has 2 saturated heterocycles. The molecule has 11 heteroatoms. The second-order valence-electron chi connectivity index (χ2n) is 9.39. The van der Waals surface area contributed by atoms with Crippen molar-refractivity contribution in [3.63, 3.8) is 0 Å². The van der Waals surface area contributed by atoms with Gasteiger partial charge >= 0.3 is 0 Å². The highest BCUT2D eigenvalue weighted by molar-refractivity contribution is 5.66. The summed E-state index contributed by atoms with van der Waals surface area (Å²) in [6.45, 7) is 4.72. The molecule has 5 rings (SSSR count). The topological polar surface area (TPSA) is 111 Å². The minimum Gasteiger partial charge on any atom is -0.486 e. The number of hydrogen-bond acceptors (Lipinski definition) is 10. The third-order valence-electron chi connectivity index (χ3n) is 6.80. The van der Waals surface area contributed by atoms with Gasteiger partial charge in [-0.3, -0.25) is 0 Å². The zero-order valence-electron chi connectivity index (χ0n) is 21.5. The Morgan fingerprint density at radius 2 is 1.97 bits per heavy atom. The Labute approximate surface area is 221 Å². The van der Waals surface area contributed by atoms with Crippen molar-refractivity contribution in [3.05, 3.63) is 48.2 Å². The molecule has 0 aliphatic carbocycles. The molecular formula is C27H31FN8O2. The third-order valence-corrected chi connectivity index (χ3v) is 6.80. The van der Waals surface area contributed by atoms with Gasteiger partial charge in [0.25, 0.3) is 0 Å². The number of anilines is 3. The number of hydrogen-bond donors (Lipinski definition) is 2. The molecule has 0 radical (unpaired) electrons. The Hall–Kier alpha value is -4.01. The summed E-state index contributed by atoms with van der Waals surface area (Å²) in [5.41, 5.74) is 2.62. The number of aromatic nitrogens is 3. The summed E-state index contributed by atoms with van der Waals surface area (Å²) >= 11 is 0. The van der Waals surface area contributed by atoms with Crippen LogP contribution in [0.25, 0.3) is 11.3 Å². The maximum absolute atomic E-state index is 14.2. The standard InChI is InChI=1S/C27H31FN8O2/c1-35-11-13-36(14-12-35)22-4-6-25(33-26(22)37-2)34-27-31-10-7-21(32-27)18-3-5-23(19(15-18)16-29)38-24-8-9-30-17-20(24)28/h3-7,10,15,20,24,30H,8-9,11-14,17H2,1-2H3,(H,31,32,33,34)/t20-,24+/m1/s1. The summed E-state index contributed by atoms with van der Waals surface area (Å²) in [6.07, 6.45) is 0.494. The number of pyridine rings is 1. The molecule has 2 aliphatic heterocycles. The van der Waals surface area contributed by atoms with E-state index in [1.807, 2.05) is 18.2 Å². The van der Waals surface area contributed by atoms with Crippen LogP contribution in [0.2, 0.25) is 0 Å². The summed E-state index contributed by atoms with van der Waals surface area (Å²) < 4.78 is 25.6. The van der Waals surface area contributed by atoms with E-state index in [0.29, 0.717) is 47.6 Å². The summed E-state index contributed by atoms with van der Waals surface area (Å²) in [5, 5.41) is 15.9. The zero-order valence-corrected chi connectivity index (χ0v) is 21.5. The van der Waals surface area contributed by atoms with Crippen LogP contribution in [0, 0.1) is 11.3 Å². The van der Waals surface area contributed by atoms with Crippen molar-refractivity contribution in [1.82, 2.24) is 25.2 Å². The fourth-order valence-electron chi connectivity index (χ4n) is 4.61. The predicted molar refractivity (Wildman–Crippen MR) is 143 cm³/mol. The van der Waals surface area contributed by atoms with Gasteiger partial charge in [0.05, 0.1) is 18.4 Å². The average Bonchev–Trinajstić information content (AvgIpc) is 2.95. The number of nitrogens with zero attached hydrogens (tertiary/aromatic N) is 6. The van der Waals surface area contributed by atoms with Crippen LogP contribution in [0.1, 0.15) is 12.0 Å². The molecule has 4 heterocycles. The van der Waals surface area contributed by atoms with Crippen molar-refractivity contribution >= 4 is 17.5 Å². The van der Waals surface area contributed by atoms with Crippen molar-refractivity contribution in [2.75, 3.05) is 63.6 Å². The lowest BCUT2D eigenvalue weighted by atomic mass is 10.1. The van der Waals surface area contributed by atoms with Gasteiger partial charge in [-0.2, -0.15) is 10.2 Å². The Balaban J connectivity index is 1.32. The Kier molecular flexibility index (Phi) is 7.81. The quantitative estimate of drug-likeness (QED) is 0.484. The summed E-state index contributed by atoms with van der Waals surface area (Å²) in [7, 11) is 3.73. The molecule has 0 amide bonds. The van der Waals surface area contributed by atoms with Gasteiger partial charge in [-0.05, 0) is 56.4 Å². The van der Waals surface area contributed by atoms with E-state index in [4.69, 9.17) is 9.47 Å². The van der Waals surface area contributed by atoms with Gasteiger partial charge in [-0.1, -0.05) is 0 Å². The largest absolute Gasteiger partial charge is 0.486 e. The zero-order chi connectivity index (χ0) is 26.5. The van der Waals surface area contributed by atoms with Crippen molar-refractivity contribution in [1.29, 1.82) is 5.26 Å². The number of nitriles is 1. The Bertz CT molecular complexity index is 1310. The number of nitrogens with one attached hydrogen (secondary N) is 2. The summed E-state index contributed by atoms with van der Waals surface area (Å²) in [5.74, 6) is 1.82. The first-order valence-corrected chi connectivity index (χ1v) is 12.7. The lowest BCUT2D eigenvalue weighted by Crippen LogP contribution is -2.44. The number of halogens is 1. The van der Waals surface area contributed by atoms with E-state index in [-0.39, 0.29) is 6.54 Å². The van der Waals surface area contributed by atoms with Gasteiger partial charge in [0.1, 0.15) is 35.6 Å². The summed E-state index contributed by atoms with van der Waals surface area (Å²) in [6, 6.07) is 13.0. The molecular weight excluding hydrogens is 487 g/mol. The van der Waals surface area contributed by atoms with Gasteiger partial charge in [0.15, 0.2) is 0 Å². The van der Waals surface area contributed by atoms with Crippen LogP contribution >= 0.6 is 0 Å². The van der Waals surface area contributed by atoms with E-state index in [0.717, 1.165) is 37.4 Å². The number of piperazine rings is 1. The number of benzene rings is 1. The van der Waals surface area contributed by atoms with Crippen LogP contribution in [0.5, 0.6) is 11.6 Å². The SMILES string of the molecule is COc1nc(Nc2nccc(-c3ccc(O[C@H]4CCNC[C@H]4F)c(C#N)c3)n2)ccc1N1CCN(C)CC1. The fraction of sp³-hybridized carbons (Fsp3) is 0.407. The molecule has 2 aromatic heterocycles. The van der Waals surface area contributed by atoms with E-state index in [1.165, 1.54) is 0 Å². The molecule has 2 atom stereocenters.